The number of rotatable bonds is 3. The van der Waals surface area contributed by atoms with Crippen LogP contribution in [-0.2, 0) is 13.0 Å². The number of amides is 1. The van der Waals surface area contributed by atoms with Crippen LogP contribution in [0.1, 0.15) is 36.1 Å². The molecule has 7 heteroatoms. The minimum absolute atomic E-state index is 0.0709. The van der Waals surface area contributed by atoms with Gasteiger partial charge in [-0.25, -0.2) is 13.8 Å². The number of aromatic nitrogens is 2. The zero-order valence-corrected chi connectivity index (χ0v) is 13.5. The van der Waals surface area contributed by atoms with Crippen molar-refractivity contribution in [1.29, 1.82) is 0 Å². The maximum absolute atomic E-state index is 12.7. The van der Waals surface area contributed by atoms with Gasteiger partial charge in [0.05, 0.1) is 6.54 Å². The Bertz CT molecular complexity index is 560. The monoisotopic (exact) mass is 326 g/mol. The van der Waals surface area contributed by atoms with Crippen LogP contribution in [0.15, 0.2) is 6.20 Å². The van der Waals surface area contributed by atoms with Gasteiger partial charge in [-0.1, -0.05) is 6.92 Å². The number of alkyl halides is 2. The topological polar surface area (TPSA) is 41.4 Å². The van der Waals surface area contributed by atoms with Crippen LogP contribution in [0.4, 0.5) is 8.78 Å². The molecule has 0 bridgehead atoms. The third-order valence-corrected chi connectivity index (χ3v) is 4.72. The highest BCUT2D eigenvalue weighted by Crippen LogP contribution is 2.20. The first-order valence-electron chi connectivity index (χ1n) is 8.38. The van der Waals surface area contributed by atoms with Crippen molar-refractivity contribution >= 4 is 5.91 Å². The molecule has 0 aromatic carbocycles. The Morgan fingerprint density at radius 3 is 2.96 bits per heavy atom. The molecule has 2 aliphatic rings. The summed E-state index contributed by atoms with van der Waals surface area (Å²) in [4.78, 5) is 20.6. The van der Waals surface area contributed by atoms with Crippen molar-refractivity contribution in [3.8, 4) is 0 Å². The fourth-order valence-electron chi connectivity index (χ4n) is 3.43. The van der Waals surface area contributed by atoms with E-state index >= 15 is 0 Å². The van der Waals surface area contributed by atoms with Crippen molar-refractivity contribution in [2.24, 2.45) is 5.92 Å². The highest BCUT2D eigenvalue weighted by atomic mass is 19.3. The van der Waals surface area contributed by atoms with Gasteiger partial charge in [0.2, 0.25) is 0 Å². The third kappa shape index (κ3) is 3.88. The van der Waals surface area contributed by atoms with Gasteiger partial charge in [0.15, 0.2) is 0 Å². The van der Waals surface area contributed by atoms with Gasteiger partial charge in [0.25, 0.3) is 12.3 Å². The van der Waals surface area contributed by atoms with Gasteiger partial charge in [0, 0.05) is 45.3 Å². The van der Waals surface area contributed by atoms with Gasteiger partial charge in [0.1, 0.15) is 11.5 Å². The molecule has 0 N–H and O–H groups in total. The van der Waals surface area contributed by atoms with Crippen molar-refractivity contribution in [3.05, 3.63) is 17.7 Å². The van der Waals surface area contributed by atoms with Crippen molar-refractivity contribution in [2.75, 3.05) is 32.7 Å². The summed E-state index contributed by atoms with van der Waals surface area (Å²) < 4.78 is 27.1. The molecule has 3 heterocycles. The van der Waals surface area contributed by atoms with Gasteiger partial charge in [-0.3, -0.25) is 9.69 Å². The highest BCUT2D eigenvalue weighted by molar-refractivity contribution is 5.92. The van der Waals surface area contributed by atoms with Crippen LogP contribution in [0.3, 0.4) is 0 Å². The van der Waals surface area contributed by atoms with E-state index in [4.69, 9.17) is 0 Å². The highest BCUT2D eigenvalue weighted by Gasteiger charge is 2.25. The van der Waals surface area contributed by atoms with Crippen LogP contribution in [-0.4, -0.2) is 64.4 Å². The standard InChI is InChI=1S/C16H24F2N4O/c1-12-3-4-15-19-13(10-22(15)9-12)16(23)21-6-2-5-20(7-8-21)11-14(17)18/h10,12,14H,2-9,11H2,1H3/t12-/m0/s1. The summed E-state index contributed by atoms with van der Waals surface area (Å²) in [6, 6.07) is 0. The molecule has 0 unspecified atom stereocenters. The van der Waals surface area contributed by atoms with Crippen molar-refractivity contribution < 1.29 is 13.6 Å². The molecule has 23 heavy (non-hydrogen) atoms. The molecule has 1 aromatic rings. The zero-order chi connectivity index (χ0) is 16.4. The Kier molecular flexibility index (Phi) is 4.94. The summed E-state index contributed by atoms with van der Waals surface area (Å²) >= 11 is 0. The van der Waals surface area contributed by atoms with E-state index in [9.17, 15) is 13.6 Å². The normalized spacial score (nSPS) is 23.0. The number of imidazole rings is 1. The molecule has 1 amide bonds. The third-order valence-electron chi connectivity index (χ3n) is 4.72. The van der Waals surface area contributed by atoms with E-state index in [1.807, 2.05) is 6.20 Å². The number of halogens is 2. The second kappa shape index (κ2) is 6.95. The Labute approximate surface area is 135 Å². The molecule has 5 nitrogen and oxygen atoms in total. The van der Waals surface area contributed by atoms with Crippen LogP contribution in [0.5, 0.6) is 0 Å². The lowest BCUT2D eigenvalue weighted by Crippen LogP contribution is -2.36. The Morgan fingerprint density at radius 2 is 2.17 bits per heavy atom. The van der Waals surface area contributed by atoms with E-state index in [1.165, 1.54) is 0 Å². The Balaban J connectivity index is 1.64. The van der Waals surface area contributed by atoms with Gasteiger partial charge in [-0.2, -0.15) is 0 Å². The predicted octanol–water partition coefficient (Wildman–Crippen LogP) is 1.88. The number of hydrogen-bond donors (Lipinski definition) is 0. The fourth-order valence-corrected chi connectivity index (χ4v) is 3.43. The van der Waals surface area contributed by atoms with E-state index < -0.39 is 6.43 Å². The Hall–Kier alpha value is -1.50. The number of hydrogen-bond acceptors (Lipinski definition) is 3. The molecule has 0 saturated carbocycles. The van der Waals surface area contributed by atoms with Crippen molar-refractivity contribution in [3.63, 3.8) is 0 Å². The van der Waals surface area contributed by atoms with Gasteiger partial charge in [-0.05, 0) is 18.8 Å². The van der Waals surface area contributed by atoms with Crippen LogP contribution in [0.25, 0.3) is 0 Å². The SMILES string of the molecule is C[C@H]1CCc2nc(C(=O)N3CCCN(CC(F)F)CC3)cn2C1. The summed E-state index contributed by atoms with van der Waals surface area (Å²) in [6.45, 7) is 5.13. The summed E-state index contributed by atoms with van der Waals surface area (Å²) in [5, 5.41) is 0. The lowest BCUT2D eigenvalue weighted by molar-refractivity contribution is 0.0737. The van der Waals surface area contributed by atoms with Crippen molar-refractivity contribution in [2.45, 2.75) is 39.2 Å². The maximum atomic E-state index is 12.7. The number of nitrogens with zero attached hydrogens (tertiary/aromatic N) is 4. The first-order chi connectivity index (χ1) is 11.0. The quantitative estimate of drug-likeness (QED) is 0.852. The molecule has 128 valence electrons. The smallest absolute Gasteiger partial charge is 0.274 e. The van der Waals surface area contributed by atoms with Gasteiger partial charge in [-0.15, -0.1) is 0 Å². The second-order valence-corrected chi connectivity index (χ2v) is 6.68. The minimum atomic E-state index is -2.32. The molecular weight excluding hydrogens is 302 g/mol. The summed E-state index contributed by atoms with van der Waals surface area (Å²) in [6.07, 6.45) is 2.28. The molecule has 1 atom stereocenters. The van der Waals surface area contributed by atoms with Crippen LogP contribution < -0.4 is 0 Å². The number of fused-ring (bicyclic) bond motifs is 1. The molecule has 3 rings (SSSR count). The van der Waals surface area contributed by atoms with Gasteiger partial charge >= 0.3 is 0 Å². The lowest BCUT2D eigenvalue weighted by atomic mass is 10.0. The first kappa shape index (κ1) is 16.4. The molecule has 0 radical (unpaired) electrons. The summed E-state index contributed by atoms with van der Waals surface area (Å²) in [7, 11) is 0. The maximum Gasteiger partial charge on any atom is 0.274 e. The van der Waals surface area contributed by atoms with E-state index in [0.717, 1.165) is 31.6 Å². The van der Waals surface area contributed by atoms with E-state index in [1.54, 1.807) is 9.80 Å². The minimum Gasteiger partial charge on any atom is -0.336 e. The average Bonchev–Trinajstić information content (AvgIpc) is 2.78. The largest absolute Gasteiger partial charge is 0.336 e. The van der Waals surface area contributed by atoms with Crippen LogP contribution >= 0.6 is 0 Å². The lowest BCUT2D eigenvalue weighted by Gasteiger charge is -2.21. The van der Waals surface area contributed by atoms with Gasteiger partial charge < -0.3 is 9.47 Å². The fraction of sp³-hybridized carbons (Fsp3) is 0.750. The molecule has 1 aromatic heterocycles. The molecule has 2 aliphatic heterocycles. The number of aryl methyl sites for hydroxylation is 1. The molecule has 0 aliphatic carbocycles. The van der Waals surface area contributed by atoms with Crippen LogP contribution in [0, 0.1) is 5.92 Å². The van der Waals surface area contributed by atoms with Crippen LogP contribution in [0.2, 0.25) is 0 Å². The predicted molar refractivity (Wildman–Crippen MR) is 82.7 cm³/mol. The molecular formula is C16H24F2N4O. The number of carbonyl (C=O) groups is 1. The van der Waals surface area contributed by atoms with E-state index in [0.29, 0.717) is 37.8 Å². The Morgan fingerprint density at radius 1 is 1.35 bits per heavy atom. The molecule has 1 fully saturated rings. The molecule has 1 saturated heterocycles. The molecule has 0 spiro atoms. The summed E-state index contributed by atoms with van der Waals surface area (Å²) in [5.74, 6) is 1.53. The second-order valence-electron chi connectivity index (χ2n) is 6.68. The number of carbonyl (C=O) groups excluding carboxylic acids is 1. The first-order valence-corrected chi connectivity index (χ1v) is 8.38. The summed E-state index contributed by atoms with van der Waals surface area (Å²) in [5.41, 5.74) is 0.497. The van der Waals surface area contributed by atoms with E-state index in [-0.39, 0.29) is 12.5 Å². The average molecular weight is 326 g/mol. The zero-order valence-electron chi connectivity index (χ0n) is 13.5. The van der Waals surface area contributed by atoms with E-state index in [2.05, 4.69) is 16.5 Å². The van der Waals surface area contributed by atoms with Crippen molar-refractivity contribution in [1.82, 2.24) is 19.4 Å².